The molecule has 0 atom stereocenters. The smallest absolute Gasteiger partial charge is 0.337 e. The second-order valence-corrected chi connectivity index (χ2v) is 8.80. The normalized spacial score (nSPS) is 15.1. The number of nitrogens with two attached hydrogens (primary N) is 1. The first-order valence-electron chi connectivity index (χ1n) is 9.80. The van der Waals surface area contributed by atoms with Crippen molar-refractivity contribution in [3.8, 4) is 5.69 Å². The highest BCUT2D eigenvalue weighted by Gasteiger charge is 2.29. The summed E-state index contributed by atoms with van der Waals surface area (Å²) < 4.78 is 29.5. The van der Waals surface area contributed by atoms with E-state index in [0.29, 0.717) is 33.9 Å². The van der Waals surface area contributed by atoms with Crippen molar-refractivity contribution in [2.75, 3.05) is 12.1 Å². The lowest BCUT2D eigenvalue weighted by atomic mass is 10.1. The highest BCUT2D eigenvalue weighted by atomic mass is 32.2. The van der Waals surface area contributed by atoms with Gasteiger partial charge in [0, 0.05) is 17.6 Å². The summed E-state index contributed by atoms with van der Waals surface area (Å²) in [6.45, 7) is 1.74. The van der Waals surface area contributed by atoms with Gasteiger partial charge in [-0.15, -0.1) is 0 Å². The maximum Gasteiger partial charge on any atom is 0.337 e. The van der Waals surface area contributed by atoms with E-state index in [1.165, 1.54) is 24.3 Å². The van der Waals surface area contributed by atoms with Crippen molar-refractivity contribution in [1.82, 2.24) is 4.57 Å². The third kappa shape index (κ3) is 4.34. The van der Waals surface area contributed by atoms with E-state index in [0.717, 1.165) is 0 Å². The Labute approximate surface area is 190 Å². The van der Waals surface area contributed by atoms with Crippen molar-refractivity contribution in [3.05, 3.63) is 83.7 Å². The number of esters is 1. The number of nitrogens with zero attached hydrogens (tertiary/aromatic N) is 3. The molecule has 10 heteroatoms. The molecule has 4 rings (SSSR count). The molecule has 0 radical (unpaired) electrons. The molecule has 0 saturated heterocycles. The minimum Gasteiger partial charge on any atom is -0.465 e. The highest BCUT2D eigenvalue weighted by molar-refractivity contribution is 7.89. The van der Waals surface area contributed by atoms with Gasteiger partial charge in [-0.2, -0.15) is 10.1 Å². The molecular weight excluding hydrogens is 444 g/mol. The Kier molecular flexibility index (Phi) is 5.71. The Morgan fingerprint density at radius 3 is 2.27 bits per heavy atom. The number of hydrogen-bond acceptors (Lipinski definition) is 6. The van der Waals surface area contributed by atoms with Gasteiger partial charge in [0.25, 0.3) is 5.91 Å². The molecule has 1 amide bonds. The van der Waals surface area contributed by atoms with E-state index in [-0.39, 0.29) is 10.8 Å². The Hall–Kier alpha value is -4.02. The molecule has 1 aliphatic rings. The Morgan fingerprint density at radius 2 is 1.67 bits per heavy atom. The third-order valence-electron chi connectivity index (χ3n) is 5.11. The molecule has 0 fully saturated rings. The molecular formula is C23H20N4O5S. The van der Waals surface area contributed by atoms with E-state index >= 15 is 0 Å². The topological polar surface area (TPSA) is 124 Å². The predicted molar refractivity (Wildman–Crippen MR) is 123 cm³/mol. The zero-order valence-electron chi connectivity index (χ0n) is 17.8. The number of primary sulfonamides is 1. The molecule has 3 aromatic rings. The van der Waals surface area contributed by atoms with Crippen LogP contribution in [0.2, 0.25) is 0 Å². The van der Waals surface area contributed by atoms with Gasteiger partial charge in [-0.3, -0.25) is 4.79 Å². The Bertz CT molecular complexity index is 1400. The van der Waals surface area contributed by atoms with Crippen LogP contribution in [0.4, 0.5) is 5.69 Å². The first-order chi connectivity index (χ1) is 15.7. The molecule has 0 unspecified atom stereocenters. The summed E-state index contributed by atoms with van der Waals surface area (Å²) in [7, 11) is -2.49. The molecule has 33 heavy (non-hydrogen) atoms. The number of carbonyl (C=O) groups is 2. The van der Waals surface area contributed by atoms with Gasteiger partial charge in [0.05, 0.1) is 34.5 Å². The molecule has 9 nitrogen and oxygen atoms in total. The number of rotatable bonds is 5. The van der Waals surface area contributed by atoms with Gasteiger partial charge in [-0.25, -0.2) is 18.4 Å². The molecule has 0 saturated carbocycles. The molecule has 2 N–H and O–H groups in total. The van der Waals surface area contributed by atoms with Crippen LogP contribution >= 0.6 is 0 Å². The minimum atomic E-state index is -3.79. The average molecular weight is 465 g/mol. The number of ether oxygens (including phenoxy) is 1. The van der Waals surface area contributed by atoms with Gasteiger partial charge < -0.3 is 9.30 Å². The number of carbonyl (C=O) groups excluding carboxylic acids is 2. The quantitative estimate of drug-likeness (QED) is 0.459. The largest absolute Gasteiger partial charge is 0.465 e. The number of benzene rings is 2. The molecule has 0 aliphatic carbocycles. The molecule has 2 aromatic carbocycles. The summed E-state index contributed by atoms with van der Waals surface area (Å²) >= 11 is 0. The average Bonchev–Trinajstić information content (AvgIpc) is 3.38. The summed E-state index contributed by atoms with van der Waals surface area (Å²) in [5.41, 5.74) is 3.25. The van der Waals surface area contributed by atoms with Crippen LogP contribution in [0, 0.1) is 0 Å². The molecule has 0 spiro atoms. The van der Waals surface area contributed by atoms with Crippen molar-refractivity contribution in [2.45, 2.75) is 11.8 Å². The maximum absolute atomic E-state index is 13.1. The minimum absolute atomic E-state index is 0.0149. The molecule has 0 bridgehead atoms. The molecule has 168 valence electrons. The monoisotopic (exact) mass is 464 g/mol. The standard InChI is InChI=1S/C23H20N4O5S/c1-15-21(22(28)27(25-15)18-7-5-16(6-8-18)23(29)32-2)14-19-4-3-13-26(19)17-9-11-20(12-10-17)33(24,30)31/h3-14H,1-2H3,(H2,24,30,31). The second-order valence-electron chi connectivity index (χ2n) is 7.24. The van der Waals surface area contributed by atoms with Crippen molar-refractivity contribution in [3.63, 3.8) is 0 Å². The van der Waals surface area contributed by atoms with Gasteiger partial charge in [0.1, 0.15) is 0 Å². The summed E-state index contributed by atoms with van der Waals surface area (Å²) in [6, 6.07) is 16.1. The summed E-state index contributed by atoms with van der Waals surface area (Å²) in [6.07, 6.45) is 3.52. The van der Waals surface area contributed by atoms with E-state index < -0.39 is 16.0 Å². The van der Waals surface area contributed by atoms with Crippen LogP contribution in [0.5, 0.6) is 0 Å². The van der Waals surface area contributed by atoms with Crippen LogP contribution in [0.1, 0.15) is 23.0 Å². The second kappa shape index (κ2) is 8.49. The van der Waals surface area contributed by atoms with Gasteiger partial charge >= 0.3 is 5.97 Å². The van der Waals surface area contributed by atoms with Crippen molar-refractivity contribution < 1.29 is 22.7 Å². The fourth-order valence-corrected chi connectivity index (χ4v) is 3.92. The van der Waals surface area contributed by atoms with Gasteiger partial charge in [0.15, 0.2) is 0 Å². The van der Waals surface area contributed by atoms with E-state index in [1.807, 2.05) is 16.7 Å². The lowest BCUT2D eigenvalue weighted by Crippen LogP contribution is -2.21. The SMILES string of the molecule is COC(=O)c1ccc(N2N=C(C)C(=Cc3cccn3-c3ccc(S(N)(=O)=O)cc3)C2=O)cc1. The number of anilines is 1. The Balaban J connectivity index is 1.63. The van der Waals surface area contributed by atoms with Gasteiger partial charge in [0.2, 0.25) is 10.0 Å². The number of hydrogen-bond donors (Lipinski definition) is 1. The molecule has 1 aromatic heterocycles. The first kappa shape index (κ1) is 22.2. The van der Waals surface area contributed by atoms with Crippen LogP contribution in [0.25, 0.3) is 11.8 Å². The zero-order valence-corrected chi connectivity index (χ0v) is 18.6. The summed E-state index contributed by atoms with van der Waals surface area (Å²) in [5.74, 6) is -0.775. The fraction of sp³-hybridized carbons (Fsp3) is 0.0870. The van der Waals surface area contributed by atoms with E-state index in [1.54, 1.807) is 55.6 Å². The maximum atomic E-state index is 13.1. The predicted octanol–water partition coefficient (Wildman–Crippen LogP) is 2.72. The number of aromatic nitrogens is 1. The van der Waals surface area contributed by atoms with Crippen molar-refractivity contribution >= 4 is 39.4 Å². The van der Waals surface area contributed by atoms with Crippen LogP contribution in [0.3, 0.4) is 0 Å². The number of methoxy groups -OCH3 is 1. The summed E-state index contributed by atoms with van der Waals surface area (Å²) in [4.78, 5) is 24.7. The molecule has 1 aliphatic heterocycles. The van der Waals surface area contributed by atoms with Gasteiger partial charge in [-0.05, 0) is 73.7 Å². The lowest BCUT2D eigenvalue weighted by molar-refractivity contribution is -0.114. The number of amides is 1. The van der Waals surface area contributed by atoms with Crippen LogP contribution in [-0.2, 0) is 19.6 Å². The van der Waals surface area contributed by atoms with Crippen LogP contribution in [0.15, 0.2) is 82.4 Å². The van der Waals surface area contributed by atoms with E-state index in [4.69, 9.17) is 9.88 Å². The van der Waals surface area contributed by atoms with Crippen molar-refractivity contribution in [2.24, 2.45) is 10.2 Å². The number of hydrazone groups is 1. The van der Waals surface area contributed by atoms with Crippen molar-refractivity contribution in [1.29, 1.82) is 0 Å². The van der Waals surface area contributed by atoms with E-state index in [2.05, 4.69) is 5.10 Å². The zero-order chi connectivity index (χ0) is 23.8. The van der Waals surface area contributed by atoms with Crippen LogP contribution < -0.4 is 10.1 Å². The number of sulfonamides is 1. The fourth-order valence-electron chi connectivity index (χ4n) is 3.41. The van der Waals surface area contributed by atoms with E-state index in [9.17, 15) is 18.0 Å². The van der Waals surface area contributed by atoms with Crippen LogP contribution in [-0.4, -0.2) is 37.7 Å². The lowest BCUT2D eigenvalue weighted by Gasteiger charge is -2.12. The summed E-state index contributed by atoms with van der Waals surface area (Å²) in [5, 5.41) is 10.8. The van der Waals surface area contributed by atoms with Gasteiger partial charge in [-0.1, -0.05) is 0 Å². The highest BCUT2D eigenvalue weighted by Crippen LogP contribution is 2.26. The Morgan fingerprint density at radius 1 is 1.03 bits per heavy atom. The third-order valence-corrected chi connectivity index (χ3v) is 6.04. The first-order valence-corrected chi connectivity index (χ1v) is 11.3. The molecule has 2 heterocycles.